The highest BCUT2D eigenvalue weighted by Gasteiger charge is 2.33. The quantitative estimate of drug-likeness (QED) is 0.270. The van der Waals surface area contributed by atoms with Crippen LogP contribution in [0.25, 0.3) is 0 Å². The first kappa shape index (κ1) is 32.4. The van der Waals surface area contributed by atoms with Crippen LogP contribution in [-0.2, 0) is 26.2 Å². The van der Waals surface area contributed by atoms with E-state index in [-0.39, 0.29) is 23.0 Å². The fraction of sp³-hybridized carbons (Fsp3) is 0.355. The number of rotatable bonds is 15. The molecule has 2 amide bonds. The summed E-state index contributed by atoms with van der Waals surface area (Å²) < 4.78 is 53.2. The summed E-state index contributed by atoms with van der Waals surface area (Å²) >= 11 is 0. The van der Waals surface area contributed by atoms with Crippen molar-refractivity contribution in [2.24, 2.45) is 0 Å². The van der Waals surface area contributed by atoms with E-state index in [1.54, 1.807) is 38.3 Å². The Balaban J connectivity index is 2.03. The summed E-state index contributed by atoms with van der Waals surface area (Å²) in [6.45, 7) is 5.82. The van der Waals surface area contributed by atoms with Gasteiger partial charge < -0.3 is 19.7 Å². The van der Waals surface area contributed by atoms with Crippen molar-refractivity contribution in [1.29, 1.82) is 0 Å². The van der Waals surface area contributed by atoms with E-state index >= 15 is 0 Å². The van der Waals surface area contributed by atoms with Crippen LogP contribution >= 0.6 is 0 Å². The molecule has 3 rings (SSSR count). The van der Waals surface area contributed by atoms with Crippen molar-refractivity contribution < 1.29 is 31.9 Å². The van der Waals surface area contributed by atoms with Crippen LogP contribution in [0.2, 0.25) is 0 Å². The monoisotopic (exact) mass is 599 g/mol. The van der Waals surface area contributed by atoms with Gasteiger partial charge in [0.2, 0.25) is 11.8 Å². The number of nitrogens with zero attached hydrogens (tertiary/aromatic N) is 2. The highest BCUT2D eigenvalue weighted by atomic mass is 32.2. The summed E-state index contributed by atoms with van der Waals surface area (Å²) in [7, 11) is -2.74. The number of anilines is 1. The van der Waals surface area contributed by atoms with Gasteiger partial charge in [-0.1, -0.05) is 26.0 Å². The Bertz CT molecular complexity index is 1410. The van der Waals surface area contributed by atoms with Gasteiger partial charge >= 0.3 is 0 Å². The number of carbonyl (C=O) groups excluding carboxylic acids is 2. The van der Waals surface area contributed by atoms with Gasteiger partial charge in [0.1, 0.15) is 29.9 Å². The van der Waals surface area contributed by atoms with E-state index in [1.807, 2.05) is 13.8 Å². The molecule has 0 aromatic heterocycles. The summed E-state index contributed by atoms with van der Waals surface area (Å²) in [5.74, 6) is -0.348. The van der Waals surface area contributed by atoms with Gasteiger partial charge in [-0.3, -0.25) is 13.9 Å². The molecule has 0 aliphatic rings. The summed E-state index contributed by atoms with van der Waals surface area (Å²) in [6.07, 6.45) is 1.02. The van der Waals surface area contributed by atoms with Crippen molar-refractivity contribution >= 4 is 27.5 Å². The zero-order valence-electron chi connectivity index (χ0n) is 24.4. The molecule has 0 spiro atoms. The third-order valence-corrected chi connectivity index (χ3v) is 8.35. The number of nitrogens with one attached hydrogen (secondary N) is 1. The van der Waals surface area contributed by atoms with Crippen LogP contribution in [0.5, 0.6) is 11.5 Å². The molecule has 11 heteroatoms. The number of methoxy groups -OCH3 is 1. The number of sulfonamides is 1. The molecule has 0 aliphatic heterocycles. The number of amides is 2. The van der Waals surface area contributed by atoms with Crippen LogP contribution in [-0.4, -0.2) is 58.0 Å². The molecule has 0 heterocycles. The molecular weight excluding hydrogens is 561 g/mol. The minimum Gasteiger partial charge on any atom is -0.497 e. The molecule has 9 nitrogen and oxygen atoms in total. The third-order valence-electron chi connectivity index (χ3n) is 6.56. The van der Waals surface area contributed by atoms with Gasteiger partial charge in [-0.2, -0.15) is 0 Å². The van der Waals surface area contributed by atoms with E-state index in [9.17, 15) is 22.4 Å². The zero-order chi connectivity index (χ0) is 30.7. The molecule has 0 bridgehead atoms. The van der Waals surface area contributed by atoms with E-state index in [0.717, 1.165) is 22.0 Å². The van der Waals surface area contributed by atoms with Gasteiger partial charge in [-0.25, -0.2) is 12.8 Å². The number of hydrogen-bond donors (Lipinski definition) is 1. The molecule has 1 N–H and O–H groups in total. The molecule has 0 saturated carbocycles. The molecule has 0 unspecified atom stereocenters. The van der Waals surface area contributed by atoms with E-state index in [1.165, 1.54) is 41.3 Å². The summed E-state index contributed by atoms with van der Waals surface area (Å²) in [4.78, 5) is 28.5. The van der Waals surface area contributed by atoms with Gasteiger partial charge in [0.25, 0.3) is 10.0 Å². The lowest BCUT2D eigenvalue weighted by molar-refractivity contribution is -0.140. The Hall–Kier alpha value is -4.12. The minimum absolute atomic E-state index is 0.0568. The second kappa shape index (κ2) is 15.2. The van der Waals surface area contributed by atoms with Crippen LogP contribution in [0.15, 0.2) is 77.7 Å². The van der Waals surface area contributed by atoms with Crippen molar-refractivity contribution in [2.75, 3.05) is 31.1 Å². The van der Waals surface area contributed by atoms with E-state index < -0.39 is 34.3 Å². The SMILES string of the molecule is CCCNC(=O)[C@H](CC)N(Cc1ccc(OC)cc1)C(=O)CN(c1ccc(F)cc1)S(=O)(=O)c1ccc(OCC)cc1. The van der Waals surface area contributed by atoms with Crippen molar-refractivity contribution in [3.05, 3.63) is 84.2 Å². The Morgan fingerprint density at radius 3 is 2.07 bits per heavy atom. The van der Waals surface area contributed by atoms with E-state index in [0.29, 0.717) is 37.5 Å². The molecule has 226 valence electrons. The van der Waals surface area contributed by atoms with Gasteiger partial charge in [0.15, 0.2) is 0 Å². The largest absolute Gasteiger partial charge is 0.497 e. The lowest BCUT2D eigenvalue weighted by Gasteiger charge is -2.33. The molecule has 42 heavy (non-hydrogen) atoms. The first-order chi connectivity index (χ1) is 20.1. The highest BCUT2D eigenvalue weighted by molar-refractivity contribution is 7.92. The number of carbonyl (C=O) groups is 2. The topological polar surface area (TPSA) is 105 Å². The maximum absolute atomic E-state index is 14.0. The lowest BCUT2D eigenvalue weighted by Crippen LogP contribution is -2.52. The van der Waals surface area contributed by atoms with Crippen LogP contribution in [0.3, 0.4) is 0 Å². The molecule has 3 aromatic rings. The Morgan fingerprint density at radius 2 is 1.52 bits per heavy atom. The number of benzene rings is 3. The summed E-state index contributed by atoms with van der Waals surface area (Å²) in [5.41, 5.74) is 0.833. The second-order valence-corrected chi connectivity index (χ2v) is 11.3. The summed E-state index contributed by atoms with van der Waals surface area (Å²) in [5, 5.41) is 2.85. The van der Waals surface area contributed by atoms with Crippen LogP contribution < -0.4 is 19.1 Å². The first-order valence-electron chi connectivity index (χ1n) is 13.9. The van der Waals surface area contributed by atoms with E-state index in [4.69, 9.17) is 9.47 Å². The number of halogens is 1. The molecule has 0 saturated heterocycles. The molecular formula is C31H38FN3O6S. The fourth-order valence-corrected chi connectivity index (χ4v) is 5.77. The Morgan fingerprint density at radius 1 is 0.905 bits per heavy atom. The van der Waals surface area contributed by atoms with Crippen LogP contribution in [0, 0.1) is 5.82 Å². The molecule has 0 fully saturated rings. The molecule has 0 aliphatic carbocycles. The smallest absolute Gasteiger partial charge is 0.264 e. The average Bonchev–Trinajstić information content (AvgIpc) is 2.99. The predicted molar refractivity (Wildman–Crippen MR) is 159 cm³/mol. The second-order valence-electron chi connectivity index (χ2n) is 9.48. The molecule has 1 atom stereocenters. The average molecular weight is 600 g/mol. The number of ether oxygens (including phenoxy) is 2. The van der Waals surface area contributed by atoms with Gasteiger partial charge in [-0.05, 0) is 86.0 Å². The first-order valence-corrected chi connectivity index (χ1v) is 15.3. The van der Waals surface area contributed by atoms with Gasteiger partial charge in [0.05, 0.1) is 24.3 Å². The lowest BCUT2D eigenvalue weighted by atomic mass is 10.1. The summed E-state index contributed by atoms with van der Waals surface area (Å²) in [6, 6.07) is 16.9. The fourth-order valence-electron chi connectivity index (χ4n) is 4.35. The number of hydrogen-bond acceptors (Lipinski definition) is 6. The van der Waals surface area contributed by atoms with Crippen LogP contribution in [0.1, 0.15) is 39.2 Å². The maximum atomic E-state index is 14.0. The van der Waals surface area contributed by atoms with Gasteiger partial charge in [0, 0.05) is 13.1 Å². The molecule has 3 aromatic carbocycles. The predicted octanol–water partition coefficient (Wildman–Crippen LogP) is 4.76. The Kier molecular flexibility index (Phi) is 11.7. The Labute approximate surface area is 247 Å². The van der Waals surface area contributed by atoms with Gasteiger partial charge in [-0.15, -0.1) is 0 Å². The normalized spacial score (nSPS) is 11.8. The van der Waals surface area contributed by atoms with Crippen molar-refractivity contribution in [3.63, 3.8) is 0 Å². The molecule has 0 radical (unpaired) electrons. The van der Waals surface area contributed by atoms with Crippen molar-refractivity contribution in [3.8, 4) is 11.5 Å². The standard InChI is InChI=1S/C31H38FN3O6S/c1-5-20-33-31(37)29(6-2)34(21-23-8-14-26(40-4)15-9-23)30(36)22-35(25-12-10-24(32)11-13-25)42(38,39)28-18-16-27(17-19-28)41-7-3/h8-19,29H,5-7,20-22H2,1-4H3,(H,33,37)/t29-/m0/s1. The maximum Gasteiger partial charge on any atom is 0.264 e. The van der Waals surface area contributed by atoms with Crippen molar-refractivity contribution in [1.82, 2.24) is 10.2 Å². The van der Waals surface area contributed by atoms with Crippen molar-refractivity contribution in [2.45, 2.75) is 51.1 Å². The highest BCUT2D eigenvalue weighted by Crippen LogP contribution is 2.26. The minimum atomic E-state index is -4.29. The van der Waals surface area contributed by atoms with Crippen LogP contribution in [0.4, 0.5) is 10.1 Å². The third kappa shape index (κ3) is 8.22. The van der Waals surface area contributed by atoms with E-state index in [2.05, 4.69) is 5.32 Å². The zero-order valence-corrected chi connectivity index (χ0v) is 25.2.